The lowest BCUT2D eigenvalue weighted by molar-refractivity contribution is 0.0934. The van der Waals surface area contributed by atoms with Crippen LogP contribution in [0.4, 0.5) is 0 Å². The normalized spacial score (nSPS) is 15.9. The molecule has 0 aromatic heterocycles. The van der Waals surface area contributed by atoms with Crippen LogP contribution in [0.2, 0.25) is 5.02 Å². The Morgan fingerprint density at radius 1 is 1.03 bits per heavy atom. The molecule has 0 unspecified atom stereocenters. The fourth-order valence-electron chi connectivity index (χ4n) is 3.37. The SMILES string of the molecule is CS(=O)(=O)c1cc(C(=O)NCCN2CCN(Cc3ccccc3)CC2)ccc1Cl. The second-order valence-corrected chi connectivity index (χ2v) is 9.67. The van der Waals surface area contributed by atoms with Gasteiger partial charge in [-0.3, -0.25) is 14.6 Å². The fraction of sp³-hybridized carbons (Fsp3) is 0.381. The number of amides is 1. The molecule has 0 atom stereocenters. The van der Waals surface area contributed by atoms with Crippen molar-refractivity contribution in [2.75, 3.05) is 45.5 Å². The standard InChI is InChI=1S/C21H26ClN3O3S/c1-29(27,28)20-15-18(7-8-19(20)22)21(26)23-9-10-24-11-13-25(14-12-24)16-17-5-3-2-4-6-17/h2-8,15H,9-14,16H2,1H3,(H,23,26). The number of piperazine rings is 1. The highest BCUT2D eigenvalue weighted by Crippen LogP contribution is 2.22. The molecule has 1 N–H and O–H groups in total. The fourth-order valence-corrected chi connectivity index (χ4v) is 4.67. The summed E-state index contributed by atoms with van der Waals surface area (Å²) in [5.41, 5.74) is 1.62. The Morgan fingerprint density at radius 2 is 1.69 bits per heavy atom. The third kappa shape index (κ3) is 6.27. The number of carbonyl (C=O) groups is 1. The van der Waals surface area contributed by atoms with Crippen molar-refractivity contribution < 1.29 is 13.2 Å². The number of benzene rings is 2. The summed E-state index contributed by atoms with van der Waals surface area (Å²) in [5, 5.41) is 2.99. The molecule has 0 radical (unpaired) electrons. The monoisotopic (exact) mass is 435 g/mol. The minimum absolute atomic E-state index is 0.0265. The van der Waals surface area contributed by atoms with Crippen LogP contribution in [0.15, 0.2) is 53.4 Å². The maximum Gasteiger partial charge on any atom is 0.251 e. The van der Waals surface area contributed by atoms with Crippen LogP contribution < -0.4 is 5.32 Å². The molecule has 8 heteroatoms. The highest BCUT2D eigenvalue weighted by molar-refractivity contribution is 7.90. The Balaban J connectivity index is 1.43. The molecule has 29 heavy (non-hydrogen) atoms. The molecule has 1 aliphatic rings. The summed E-state index contributed by atoms with van der Waals surface area (Å²) in [6, 6.07) is 14.8. The van der Waals surface area contributed by atoms with Crippen LogP contribution in [0.1, 0.15) is 15.9 Å². The van der Waals surface area contributed by atoms with Crippen molar-refractivity contribution in [2.45, 2.75) is 11.4 Å². The number of sulfone groups is 1. The molecular weight excluding hydrogens is 410 g/mol. The lowest BCUT2D eigenvalue weighted by atomic mass is 10.2. The van der Waals surface area contributed by atoms with Gasteiger partial charge in [0.05, 0.1) is 9.92 Å². The van der Waals surface area contributed by atoms with E-state index >= 15 is 0 Å². The summed E-state index contributed by atoms with van der Waals surface area (Å²) < 4.78 is 23.5. The quantitative estimate of drug-likeness (QED) is 0.722. The van der Waals surface area contributed by atoms with Crippen LogP contribution in [0, 0.1) is 0 Å². The number of carbonyl (C=O) groups excluding carboxylic acids is 1. The van der Waals surface area contributed by atoms with Gasteiger partial charge in [-0.1, -0.05) is 41.9 Å². The van der Waals surface area contributed by atoms with Gasteiger partial charge in [0.1, 0.15) is 0 Å². The van der Waals surface area contributed by atoms with E-state index in [4.69, 9.17) is 11.6 Å². The largest absolute Gasteiger partial charge is 0.351 e. The molecule has 2 aromatic rings. The van der Waals surface area contributed by atoms with Crippen LogP contribution >= 0.6 is 11.6 Å². The van der Waals surface area contributed by atoms with E-state index in [1.807, 2.05) is 6.07 Å². The van der Waals surface area contributed by atoms with Gasteiger partial charge in [0.25, 0.3) is 5.91 Å². The molecule has 6 nitrogen and oxygen atoms in total. The average molecular weight is 436 g/mol. The van der Waals surface area contributed by atoms with Crippen LogP contribution in [0.5, 0.6) is 0 Å². The third-order valence-corrected chi connectivity index (χ3v) is 6.60. The Kier molecular flexibility index (Phi) is 7.29. The van der Waals surface area contributed by atoms with E-state index in [2.05, 4.69) is 39.4 Å². The van der Waals surface area contributed by atoms with Gasteiger partial charge in [0, 0.05) is 57.6 Å². The zero-order valence-corrected chi connectivity index (χ0v) is 18.0. The van der Waals surface area contributed by atoms with Crippen molar-refractivity contribution in [3.63, 3.8) is 0 Å². The molecule has 3 rings (SSSR count). The van der Waals surface area contributed by atoms with Crippen molar-refractivity contribution in [2.24, 2.45) is 0 Å². The van der Waals surface area contributed by atoms with Crippen molar-refractivity contribution in [3.8, 4) is 0 Å². The third-order valence-electron chi connectivity index (χ3n) is 5.02. The number of hydrogen-bond acceptors (Lipinski definition) is 5. The molecule has 1 amide bonds. The number of nitrogens with zero attached hydrogens (tertiary/aromatic N) is 2. The van der Waals surface area contributed by atoms with E-state index in [1.54, 1.807) is 0 Å². The van der Waals surface area contributed by atoms with Gasteiger partial charge < -0.3 is 5.32 Å². The van der Waals surface area contributed by atoms with E-state index in [-0.39, 0.29) is 15.8 Å². The lowest BCUT2D eigenvalue weighted by Gasteiger charge is -2.34. The zero-order chi connectivity index (χ0) is 20.9. The predicted octanol–water partition coefficient (Wildman–Crippen LogP) is 2.29. The van der Waals surface area contributed by atoms with E-state index in [9.17, 15) is 13.2 Å². The zero-order valence-electron chi connectivity index (χ0n) is 16.5. The molecule has 2 aromatic carbocycles. The Morgan fingerprint density at radius 3 is 2.34 bits per heavy atom. The second kappa shape index (κ2) is 9.71. The molecule has 0 bridgehead atoms. The van der Waals surface area contributed by atoms with Crippen molar-refractivity contribution in [1.82, 2.24) is 15.1 Å². The minimum Gasteiger partial charge on any atom is -0.351 e. The topological polar surface area (TPSA) is 69.7 Å². The molecule has 1 fully saturated rings. The first kappa shape index (κ1) is 21.8. The van der Waals surface area contributed by atoms with Gasteiger partial charge in [-0.05, 0) is 23.8 Å². The van der Waals surface area contributed by atoms with Crippen LogP contribution in [0.25, 0.3) is 0 Å². The van der Waals surface area contributed by atoms with Gasteiger partial charge in [0.2, 0.25) is 0 Å². The predicted molar refractivity (Wildman–Crippen MR) is 115 cm³/mol. The van der Waals surface area contributed by atoms with Gasteiger partial charge in [-0.15, -0.1) is 0 Å². The van der Waals surface area contributed by atoms with Crippen molar-refractivity contribution in [3.05, 3.63) is 64.7 Å². The minimum atomic E-state index is -3.48. The summed E-state index contributed by atoms with van der Waals surface area (Å²) in [5.74, 6) is -0.297. The summed E-state index contributed by atoms with van der Waals surface area (Å²) >= 11 is 5.93. The van der Waals surface area contributed by atoms with Crippen molar-refractivity contribution >= 4 is 27.3 Å². The summed E-state index contributed by atoms with van der Waals surface area (Å²) in [4.78, 5) is 17.1. The smallest absolute Gasteiger partial charge is 0.251 e. The lowest BCUT2D eigenvalue weighted by Crippen LogP contribution is -2.48. The maximum atomic E-state index is 12.4. The average Bonchev–Trinajstić information content (AvgIpc) is 2.69. The highest BCUT2D eigenvalue weighted by atomic mass is 35.5. The second-order valence-electron chi connectivity index (χ2n) is 7.28. The number of rotatable bonds is 7. The number of nitrogens with one attached hydrogen (secondary N) is 1. The van der Waals surface area contributed by atoms with Crippen LogP contribution in [-0.4, -0.2) is 69.6 Å². The van der Waals surface area contributed by atoms with E-state index in [0.717, 1.165) is 45.5 Å². The Labute approximate surface area is 177 Å². The first-order valence-corrected chi connectivity index (χ1v) is 11.9. The van der Waals surface area contributed by atoms with Gasteiger partial charge in [-0.2, -0.15) is 0 Å². The van der Waals surface area contributed by atoms with Crippen LogP contribution in [-0.2, 0) is 16.4 Å². The molecule has 0 spiro atoms. The first-order valence-electron chi connectivity index (χ1n) is 9.59. The summed E-state index contributed by atoms with van der Waals surface area (Å²) in [6.07, 6.45) is 1.08. The summed E-state index contributed by atoms with van der Waals surface area (Å²) in [6.45, 7) is 6.15. The van der Waals surface area contributed by atoms with E-state index in [0.29, 0.717) is 12.1 Å². The van der Waals surface area contributed by atoms with Crippen molar-refractivity contribution in [1.29, 1.82) is 0 Å². The molecule has 156 valence electrons. The van der Waals surface area contributed by atoms with Crippen LogP contribution in [0.3, 0.4) is 0 Å². The molecule has 0 saturated carbocycles. The van der Waals surface area contributed by atoms with E-state index < -0.39 is 9.84 Å². The highest BCUT2D eigenvalue weighted by Gasteiger charge is 2.18. The van der Waals surface area contributed by atoms with E-state index in [1.165, 1.54) is 23.8 Å². The summed E-state index contributed by atoms with van der Waals surface area (Å²) in [7, 11) is -3.48. The van der Waals surface area contributed by atoms with Gasteiger partial charge in [-0.25, -0.2) is 8.42 Å². The Hall–Kier alpha value is -1.93. The Bertz CT molecular complexity index is 943. The number of halogens is 1. The molecule has 1 saturated heterocycles. The molecule has 1 aliphatic heterocycles. The molecule has 1 heterocycles. The van der Waals surface area contributed by atoms with Gasteiger partial charge in [0.15, 0.2) is 9.84 Å². The molecular formula is C21H26ClN3O3S. The first-order chi connectivity index (χ1) is 13.8. The number of hydrogen-bond donors (Lipinski definition) is 1. The van der Waals surface area contributed by atoms with Gasteiger partial charge >= 0.3 is 0 Å². The maximum absolute atomic E-state index is 12.4. The molecule has 0 aliphatic carbocycles.